The van der Waals surface area contributed by atoms with E-state index in [9.17, 15) is 9.90 Å². The van der Waals surface area contributed by atoms with Gasteiger partial charge in [0, 0.05) is 7.05 Å². The highest BCUT2D eigenvalue weighted by atomic mass is 16.5. The summed E-state index contributed by atoms with van der Waals surface area (Å²) in [6.45, 7) is 0. The molecule has 6 heteroatoms. The second kappa shape index (κ2) is 5.01. The van der Waals surface area contributed by atoms with Crippen molar-refractivity contribution in [3.63, 3.8) is 0 Å². The van der Waals surface area contributed by atoms with E-state index in [1.807, 2.05) is 0 Å². The first-order valence-corrected chi connectivity index (χ1v) is 4.48. The number of hydrazone groups is 1. The summed E-state index contributed by atoms with van der Waals surface area (Å²) in [7, 11) is 2.89. The molecular formula is C10H13N3O3. The van der Waals surface area contributed by atoms with Gasteiger partial charge in [0.05, 0.1) is 13.3 Å². The summed E-state index contributed by atoms with van der Waals surface area (Å²) in [5, 5.41) is 14.2. The van der Waals surface area contributed by atoms with E-state index in [1.54, 1.807) is 12.1 Å². The Morgan fingerprint density at radius 2 is 2.31 bits per heavy atom. The van der Waals surface area contributed by atoms with Crippen LogP contribution in [0.25, 0.3) is 0 Å². The smallest absolute Gasteiger partial charge is 0.334 e. The van der Waals surface area contributed by atoms with E-state index in [0.29, 0.717) is 11.3 Å². The van der Waals surface area contributed by atoms with Gasteiger partial charge in [-0.05, 0) is 23.8 Å². The minimum Gasteiger partial charge on any atom is -0.504 e. The van der Waals surface area contributed by atoms with Crippen LogP contribution >= 0.6 is 0 Å². The summed E-state index contributed by atoms with van der Waals surface area (Å²) in [6.07, 6.45) is 1.41. The molecule has 0 fully saturated rings. The predicted molar refractivity (Wildman–Crippen MR) is 59.6 cm³/mol. The molecule has 0 aliphatic heterocycles. The van der Waals surface area contributed by atoms with E-state index in [-0.39, 0.29) is 5.75 Å². The van der Waals surface area contributed by atoms with Gasteiger partial charge in [0.15, 0.2) is 11.5 Å². The van der Waals surface area contributed by atoms with E-state index in [2.05, 4.69) is 5.10 Å². The molecule has 0 aliphatic rings. The summed E-state index contributed by atoms with van der Waals surface area (Å²) < 4.78 is 4.88. The zero-order valence-corrected chi connectivity index (χ0v) is 9.04. The van der Waals surface area contributed by atoms with Crippen LogP contribution in [-0.2, 0) is 0 Å². The molecule has 0 saturated heterocycles. The number of benzene rings is 1. The number of rotatable bonds is 3. The maximum absolute atomic E-state index is 10.7. The fraction of sp³-hybridized carbons (Fsp3) is 0.200. The van der Waals surface area contributed by atoms with Gasteiger partial charge < -0.3 is 15.6 Å². The highest BCUT2D eigenvalue weighted by molar-refractivity contribution is 5.82. The minimum atomic E-state index is -0.658. The lowest BCUT2D eigenvalue weighted by atomic mass is 10.2. The van der Waals surface area contributed by atoms with Gasteiger partial charge in [0.1, 0.15) is 0 Å². The molecule has 0 heterocycles. The first kappa shape index (κ1) is 11.8. The van der Waals surface area contributed by atoms with Crippen LogP contribution in [0.15, 0.2) is 23.3 Å². The number of hydrogen-bond donors (Lipinski definition) is 2. The molecule has 6 nitrogen and oxygen atoms in total. The molecule has 0 atom stereocenters. The second-order valence-electron chi connectivity index (χ2n) is 3.04. The Morgan fingerprint density at radius 3 is 2.81 bits per heavy atom. The van der Waals surface area contributed by atoms with Gasteiger partial charge in [-0.3, -0.25) is 0 Å². The summed E-state index contributed by atoms with van der Waals surface area (Å²) in [5.41, 5.74) is 5.61. The molecule has 0 spiro atoms. The van der Waals surface area contributed by atoms with E-state index in [0.717, 1.165) is 5.01 Å². The van der Waals surface area contributed by atoms with E-state index in [1.165, 1.54) is 26.4 Å². The molecule has 2 amide bonds. The van der Waals surface area contributed by atoms with Crippen LogP contribution in [0.5, 0.6) is 11.5 Å². The van der Waals surface area contributed by atoms with Crippen molar-refractivity contribution in [3.8, 4) is 11.5 Å². The number of nitrogens with two attached hydrogens (primary N) is 1. The zero-order chi connectivity index (χ0) is 12.1. The molecule has 0 bridgehead atoms. The summed E-state index contributed by atoms with van der Waals surface area (Å²) in [6, 6.07) is 4.10. The molecule has 1 aromatic carbocycles. The number of urea groups is 1. The number of amides is 2. The minimum absolute atomic E-state index is 0.00757. The Balaban J connectivity index is 2.83. The molecular weight excluding hydrogens is 210 g/mol. The van der Waals surface area contributed by atoms with Crippen molar-refractivity contribution >= 4 is 12.2 Å². The number of primary amides is 1. The predicted octanol–water partition coefficient (Wildman–Crippen LogP) is 0.745. The van der Waals surface area contributed by atoms with E-state index in [4.69, 9.17) is 10.5 Å². The molecule has 1 rings (SSSR count). The maximum Gasteiger partial charge on any atom is 0.334 e. The number of aromatic hydroxyl groups is 1. The average Bonchev–Trinajstić information content (AvgIpc) is 2.25. The fourth-order valence-corrected chi connectivity index (χ4v) is 0.997. The van der Waals surface area contributed by atoms with Crippen LogP contribution in [-0.4, -0.2) is 36.5 Å². The average molecular weight is 223 g/mol. The Bertz CT molecular complexity index is 418. The van der Waals surface area contributed by atoms with Crippen molar-refractivity contribution in [2.45, 2.75) is 0 Å². The van der Waals surface area contributed by atoms with Crippen molar-refractivity contribution in [2.75, 3.05) is 14.2 Å². The van der Waals surface area contributed by atoms with Gasteiger partial charge in [-0.15, -0.1) is 0 Å². The van der Waals surface area contributed by atoms with Crippen LogP contribution in [0.1, 0.15) is 5.56 Å². The first-order valence-electron chi connectivity index (χ1n) is 4.48. The van der Waals surface area contributed by atoms with Crippen LogP contribution in [0.4, 0.5) is 4.79 Å². The lowest BCUT2D eigenvalue weighted by Crippen LogP contribution is -2.27. The molecule has 0 radical (unpaired) electrons. The lowest BCUT2D eigenvalue weighted by Gasteiger charge is -2.06. The third kappa shape index (κ3) is 2.88. The zero-order valence-electron chi connectivity index (χ0n) is 9.04. The first-order chi connectivity index (χ1) is 7.54. The summed E-state index contributed by atoms with van der Waals surface area (Å²) in [5.74, 6) is 0.383. The molecule has 86 valence electrons. The number of phenols is 1. The Morgan fingerprint density at radius 1 is 1.62 bits per heavy atom. The number of phenolic OH excluding ortho intramolecular Hbond substituents is 1. The molecule has 0 saturated carbocycles. The lowest BCUT2D eigenvalue weighted by molar-refractivity contribution is 0.220. The molecule has 0 unspecified atom stereocenters. The van der Waals surface area contributed by atoms with Crippen LogP contribution in [0.3, 0.4) is 0 Å². The third-order valence-corrected chi connectivity index (χ3v) is 1.90. The highest BCUT2D eigenvalue weighted by Crippen LogP contribution is 2.25. The number of nitrogens with zero attached hydrogens (tertiary/aromatic N) is 2. The number of ether oxygens (including phenoxy) is 1. The van der Waals surface area contributed by atoms with E-state index < -0.39 is 6.03 Å². The van der Waals surface area contributed by atoms with Crippen LogP contribution < -0.4 is 10.5 Å². The molecule has 0 aliphatic carbocycles. The Labute approximate surface area is 92.9 Å². The topological polar surface area (TPSA) is 88.1 Å². The van der Waals surface area contributed by atoms with Gasteiger partial charge in [0.25, 0.3) is 0 Å². The number of hydrogen-bond acceptors (Lipinski definition) is 4. The maximum atomic E-state index is 10.7. The normalized spacial score (nSPS) is 10.4. The fourth-order valence-electron chi connectivity index (χ4n) is 0.997. The molecule has 0 aromatic heterocycles. The van der Waals surface area contributed by atoms with Crippen LogP contribution in [0.2, 0.25) is 0 Å². The SMILES string of the molecule is COc1ccc(/C=N\N(C)C(N)=O)cc1O. The van der Waals surface area contributed by atoms with Crippen LogP contribution in [0, 0.1) is 0 Å². The van der Waals surface area contributed by atoms with Crippen molar-refractivity contribution < 1.29 is 14.6 Å². The van der Waals surface area contributed by atoms with Gasteiger partial charge in [-0.25, -0.2) is 9.80 Å². The largest absolute Gasteiger partial charge is 0.504 e. The standard InChI is InChI=1S/C10H13N3O3/c1-13(10(11)15)12-6-7-3-4-9(16-2)8(14)5-7/h3-6,14H,1-2H3,(H2,11,15)/b12-6-. The van der Waals surface area contributed by atoms with Crippen molar-refractivity contribution in [3.05, 3.63) is 23.8 Å². The van der Waals surface area contributed by atoms with Crippen molar-refractivity contribution in [1.29, 1.82) is 0 Å². The highest BCUT2D eigenvalue weighted by Gasteiger charge is 2.02. The Kier molecular flexibility index (Phi) is 3.71. The quantitative estimate of drug-likeness (QED) is 0.585. The van der Waals surface area contributed by atoms with Gasteiger partial charge in [-0.1, -0.05) is 0 Å². The molecule has 3 N–H and O–H groups in total. The summed E-state index contributed by atoms with van der Waals surface area (Å²) >= 11 is 0. The number of methoxy groups -OCH3 is 1. The van der Waals surface area contributed by atoms with Crippen molar-refractivity contribution in [2.24, 2.45) is 10.8 Å². The number of carbonyl (C=O) groups is 1. The van der Waals surface area contributed by atoms with Gasteiger partial charge in [-0.2, -0.15) is 5.10 Å². The van der Waals surface area contributed by atoms with Gasteiger partial charge in [0.2, 0.25) is 0 Å². The monoisotopic (exact) mass is 223 g/mol. The number of carbonyl (C=O) groups excluding carboxylic acids is 1. The molecule has 16 heavy (non-hydrogen) atoms. The third-order valence-electron chi connectivity index (χ3n) is 1.90. The van der Waals surface area contributed by atoms with Crippen molar-refractivity contribution in [1.82, 2.24) is 5.01 Å². The summed E-state index contributed by atoms with van der Waals surface area (Å²) in [4.78, 5) is 10.7. The van der Waals surface area contributed by atoms with Gasteiger partial charge >= 0.3 is 6.03 Å². The van der Waals surface area contributed by atoms with E-state index >= 15 is 0 Å². The Hall–Kier alpha value is -2.24. The molecule has 1 aromatic rings. The second-order valence-corrected chi connectivity index (χ2v) is 3.04.